The number of rotatable bonds is 7. The van der Waals surface area contributed by atoms with Crippen LogP contribution in [-0.2, 0) is 11.3 Å². The molecule has 2 aromatic rings. The van der Waals surface area contributed by atoms with Crippen molar-refractivity contribution >= 4 is 11.9 Å². The Morgan fingerprint density at radius 1 is 1.42 bits per heavy atom. The lowest BCUT2D eigenvalue weighted by Crippen LogP contribution is -2.42. The normalized spacial score (nSPS) is 12.0. The average molecular weight is 334 g/mol. The van der Waals surface area contributed by atoms with Gasteiger partial charge in [-0.05, 0) is 31.0 Å². The van der Waals surface area contributed by atoms with Gasteiger partial charge in [0.1, 0.15) is 12.4 Å². The van der Waals surface area contributed by atoms with E-state index in [2.05, 4.69) is 10.3 Å². The standard InChI is InChI=1S/C16H19FN4O3/c1-3-11(2)21(10-15(22)23)16(24)14-9-20(19-18-14)8-12-5-4-6-13(17)7-12/h4-7,9,11H,3,8,10H2,1-2H3,(H,22,23). The van der Waals surface area contributed by atoms with Crippen molar-refractivity contribution in [3.8, 4) is 0 Å². The minimum Gasteiger partial charge on any atom is -0.480 e. The van der Waals surface area contributed by atoms with E-state index in [4.69, 9.17) is 5.11 Å². The van der Waals surface area contributed by atoms with E-state index in [0.29, 0.717) is 12.0 Å². The van der Waals surface area contributed by atoms with Crippen LogP contribution in [0.5, 0.6) is 0 Å². The lowest BCUT2D eigenvalue weighted by Gasteiger charge is -2.25. The fraction of sp³-hybridized carbons (Fsp3) is 0.375. The Morgan fingerprint density at radius 3 is 2.79 bits per heavy atom. The number of carbonyl (C=O) groups excluding carboxylic acids is 1. The van der Waals surface area contributed by atoms with Crippen LogP contribution in [0, 0.1) is 5.82 Å². The summed E-state index contributed by atoms with van der Waals surface area (Å²) in [5, 5.41) is 16.7. The molecule has 8 heteroatoms. The Bertz CT molecular complexity index is 732. The van der Waals surface area contributed by atoms with Gasteiger partial charge < -0.3 is 10.0 Å². The molecule has 0 aliphatic carbocycles. The Kier molecular flexibility index (Phi) is 5.62. The largest absolute Gasteiger partial charge is 0.480 e. The molecule has 0 radical (unpaired) electrons. The molecular formula is C16H19FN4O3. The van der Waals surface area contributed by atoms with Crippen LogP contribution in [0.1, 0.15) is 36.3 Å². The van der Waals surface area contributed by atoms with Crippen LogP contribution in [0.4, 0.5) is 4.39 Å². The molecule has 1 amide bonds. The van der Waals surface area contributed by atoms with Crippen molar-refractivity contribution in [2.75, 3.05) is 6.54 Å². The maximum Gasteiger partial charge on any atom is 0.323 e. The second-order valence-electron chi connectivity index (χ2n) is 5.52. The third-order valence-corrected chi connectivity index (χ3v) is 3.68. The molecule has 1 N–H and O–H groups in total. The van der Waals surface area contributed by atoms with Crippen LogP contribution in [0.15, 0.2) is 30.5 Å². The highest BCUT2D eigenvalue weighted by Gasteiger charge is 2.25. The van der Waals surface area contributed by atoms with Crippen LogP contribution in [0.3, 0.4) is 0 Å². The molecular weight excluding hydrogens is 315 g/mol. The van der Waals surface area contributed by atoms with Crippen LogP contribution in [0.2, 0.25) is 0 Å². The zero-order valence-electron chi connectivity index (χ0n) is 13.5. The number of hydrogen-bond acceptors (Lipinski definition) is 4. The van der Waals surface area contributed by atoms with Crippen molar-refractivity contribution in [1.29, 1.82) is 0 Å². The Morgan fingerprint density at radius 2 is 2.17 bits per heavy atom. The predicted molar refractivity (Wildman–Crippen MR) is 83.9 cm³/mol. The van der Waals surface area contributed by atoms with Gasteiger partial charge in [-0.3, -0.25) is 9.59 Å². The van der Waals surface area contributed by atoms with Crippen LogP contribution < -0.4 is 0 Å². The topological polar surface area (TPSA) is 88.3 Å². The van der Waals surface area contributed by atoms with Crippen LogP contribution >= 0.6 is 0 Å². The van der Waals surface area contributed by atoms with Crippen molar-refractivity contribution in [2.24, 2.45) is 0 Å². The first-order valence-corrected chi connectivity index (χ1v) is 7.58. The second kappa shape index (κ2) is 7.67. The van der Waals surface area contributed by atoms with Gasteiger partial charge in [0.2, 0.25) is 0 Å². The third-order valence-electron chi connectivity index (χ3n) is 3.68. The summed E-state index contributed by atoms with van der Waals surface area (Å²) in [6, 6.07) is 5.81. The summed E-state index contributed by atoms with van der Waals surface area (Å²) >= 11 is 0. The highest BCUT2D eigenvalue weighted by Crippen LogP contribution is 2.10. The summed E-state index contributed by atoms with van der Waals surface area (Å²) in [7, 11) is 0. The van der Waals surface area contributed by atoms with Gasteiger partial charge in [-0.2, -0.15) is 0 Å². The number of carboxylic acid groups (broad SMARTS) is 1. The summed E-state index contributed by atoms with van der Waals surface area (Å²) in [5.74, 6) is -1.93. The smallest absolute Gasteiger partial charge is 0.323 e. The van der Waals surface area contributed by atoms with Crippen molar-refractivity contribution in [3.63, 3.8) is 0 Å². The number of nitrogens with zero attached hydrogens (tertiary/aromatic N) is 4. The molecule has 1 heterocycles. The molecule has 0 bridgehead atoms. The van der Waals surface area contributed by atoms with Gasteiger partial charge in [0, 0.05) is 6.04 Å². The van der Waals surface area contributed by atoms with Gasteiger partial charge >= 0.3 is 5.97 Å². The SMILES string of the molecule is CCC(C)N(CC(=O)O)C(=O)c1cn(Cc2cccc(F)c2)nn1. The second-order valence-corrected chi connectivity index (χ2v) is 5.52. The highest BCUT2D eigenvalue weighted by molar-refractivity contribution is 5.94. The highest BCUT2D eigenvalue weighted by atomic mass is 19.1. The van der Waals surface area contributed by atoms with Crippen molar-refractivity contribution in [1.82, 2.24) is 19.9 Å². The first-order chi connectivity index (χ1) is 11.4. The molecule has 0 fully saturated rings. The summed E-state index contributed by atoms with van der Waals surface area (Å²) in [6.45, 7) is 3.51. The zero-order valence-corrected chi connectivity index (χ0v) is 13.5. The molecule has 0 spiro atoms. The lowest BCUT2D eigenvalue weighted by atomic mass is 10.2. The maximum atomic E-state index is 13.2. The molecule has 7 nitrogen and oxygen atoms in total. The van der Waals surface area contributed by atoms with Gasteiger partial charge in [0.25, 0.3) is 5.91 Å². The van der Waals surface area contributed by atoms with E-state index in [-0.39, 0.29) is 24.1 Å². The van der Waals surface area contributed by atoms with Crippen molar-refractivity contribution < 1.29 is 19.1 Å². The summed E-state index contributed by atoms with van der Waals surface area (Å²) in [5.41, 5.74) is 0.746. The first kappa shape index (κ1) is 17.6. The molecule has 1 aromatic heterocycles. The predicted octanol–water partition coefficient (Wildman–Crippen LogP) is 1.79. The van der Waals surface area contributed by atoms with E-state index >= 15 is 0 Å². The third kappa shape index (κ3) is 4.37. The zero-order chi connectivity index (χ0) is 17.7. The van der Waals surface area contributed by atoms with Crippen molar-refractivity contribution in [3.05, 3.63) is 47.5 Å². The van der Waals surface area contributed by atoms with Gasteiger partial charge in [0.15, 0.2) is 5.69 Å². The molecule has 0 aliphatic rings. The number of carbonyl (C=O) groups is 2. The van der Waals surface area contributed by atoms with E-state index < -0.39 is 18.4 Å². The van der Waals surface area contributed by atoms with E-state index in [9.17, 15) is 14.0 Å². The Labute approximate surface area is 138 Å². The molecule has 1 unspecified atom stereocenters. The Balaban J connectivity index is 2.15. The molecule has 0 aliphatic heterocycles. The van der Waals surface area contributed by atoms with E-state index in [1.54, 1.807) is 19.1 Å². The summed E-state index contributed by atoms with van der Waals surface area (Å²) < 4.78 is 14.6. The maximum absolute atomic E-state index is 13.2. The molecule has 24 heavy (non-hydrogen) atoms. The molecule has 2 rings (SSSR count). The fourth-order valence-corrected chi connectivity index (χ4v) is 2.24. The quantitative estimate of drug-likeness (QED) is 0.834. The fourth-order valence-electron chi connectivity index (χ4n) is 2.24. The van der Waals surface area contributed by atoms with E-state index in [1.807, 2.05) is 6.92 Å². The summed E-state index contributed by atoms with van der Waals surface area (Å²) in [6.07, 6.45) is 2.06. The molecule has 0 saturated carbocycles. The number of amides is 1. The molecule has 128 valence electrons. The average Bonchev–Trinajstić information content (AvgIpc) is 2.99. The number of aromatic nitrogens is 3. The van der Waals surface area contributed by atoms with Crippen molar-refractivity contribution in [2.45, 2.75) is 32.9 Å². The van der Waals surface area contributed by atoms with Gasteiger partial charge in [-0.15, -0.1) is 5.10 Å². The molecule has 0 saturated heterocycles. The summed E-state index contributed by atoms with van der Waals surface area (Å²) in [4.78, 5) is 24.7. The van der Waals surface area contributed by atoms with E-state index in [1.165, 1.54) is 27.9 Å². The first-order valence-electron chi connectivity index (χ1n) is 7.58. The van der Waals surface area contributed by atoms with Gasteiger partial charge in [-0.25, -0.2) is 9.07 Å². The van der Waals surface area contributed by atoms with Gasteiger partial charge in [0.05, 0.1) is 12.7 Å². The minimum atomic E-state index is -1.09. The van der Waals surface area contributed by atoms with Crippen LogP contribution in [0.25, 0.3) is 0 Å². The van der Waals surface area contributed by atoms with E-state index in [0.717, 1.165) is 0 Å². The number of hydrogen-bond donors (Lipinski definition) is 1. The molecule has 1 atom stereocenters. The number of aliphatic carboxylic acids is 1. The lowest BCUT2D eigenvalue weighted by molar-refractivity contribution is -0.138. The molecule has 1 aromatic carbocycles. The number of carboxylic acids is 1. The minimum absolute atomic E-state index is 0.0629. The van der Waals surface area contributed by atoms with Gasteiger partial charge in [-0.1, -0.05) is 24.3 Å². The van der Waals surface area contributed by atoms with Crippen LogP contribution in [-0.4, -0.2) is 49.5 Å². The Hall–Kier alpha value is -2.77. The number of benzene rings is 1. The number of halogens is 1. The monoisotopic (exact) mass is 334 g/mol.